The van der Waals surface area contributed by atoms with Crippen molar-refractivity contribution in [3.63, 3.8) is 0 Å². The number of halogens is 2. The number of aliphatic imine (C=N–C) groups is 1. The first-order valence-corrected chi connectivity index (χ1v) is 12.1. The van der Waals surface area contributed by atoms with E-state index in [9.17, 15) is 4.39 Å². The van der Waals surface area contributed by atoms with Crippen LogP contribution in [0.2, 0.25) is 0 Å². The van der Waals surface area contributed by atoms with Crippen LogP contribution in [0.4, 0.5) is 14.6 Å². The molecule has 0 atom stereocenters. The molecule has 0 unspecified atom stereocenters. The number of aryl methyl sites for hydroxylation is 2. The Labute approximate surface area is 199 Å². The summed E-state index contributed by atoms with van der Waals surface area (Å²) < 4.78 is 35.4. The second-order valence-electron chi connectivity index (χ2n) is 8.10. The molecule has 2 aliphatic heterocycles. The van der Waals surface area contributed by atoms with E-state index in [0.717, 1.165) is 42.1 Å². The third kappa shape index (κ3) is 4.72. The van der Waals surface area contributed by atoms with E-state index in [1.165, 1.54) is 0 Å². The molecule has 0 amide bonds. The lowest BCUT2D eigenvalue weighted by Crippen LogP contribution is -2.31. The molecule has 4 heterocycles. The Morgan fingerprint density at radius 2 is 1.94 bits per heavy atom. The van der Waals surface area contributed by atoms with Gasteiger partial charge in [-0.15, -0.1) is 0 Å². The van der Waals surface area contributed by atoms with Crippen LogP contribution in [0.25, 0.3) is 10.9 Å². The topological polar surface area (TPSA) is 81.3 Å². The van der Waals surface area contributed by atoms with E-state index in [2.05, 4.69) is 30.4 Å². The molecular weight excluding hydrogens is 458 g/mol. The Bertz CT molecular complexity index is 1350. The fraction of sp³-hybridized carbons (Fsp3) is 0.250. The van der Waals surface area contributed by atoms with Crippen molar-refractivity contribution in [3.05, 3.63) is 77.0 Å². The van der Waals surface area contributed by atoms with Gasteiger partial charge in [0, 0.05) is 71.4 Å². The Kier molecular flexibility index (Phi) is 6.14. The molecule has 7 nitrogen and oxygen atoms in total. The minimum absolute atomic E-state index is 0.111. The number of allylic oxidation sites excluding steroid dienone is 3. The van der Waals surface area contributed by atoms with Crippen LogP contribution in [0, 0.1) is 25.5 Å². The van der Waals surface area contributed by atoms with Crippen molar-refractivity contribution in [2.24, 2.45) is 4.99 Å². The minimum Gasteiger partial charge on any atom is -0.436 e. The smallest absolute Gasteiger partial charge is 0.221 e. The number of rotatable bonds is 4. The number of ether oxygens (including phenoxy) is 1. The summed E-state index contributed by atoms with van der Waals surface area (Å²) in [5.41, 5.74) is 2.66. The molecule has 2 aromatic heterocycles. The normalized spacial score (nSPS) is 22.1. The number of hydrogen-bond acceptors (Lipinski definition) is 6. The molecule has 3 aromatic rings. The van der Waals surface area contributed by atoms with Crippen LogP contribution in [-0.4, -0.2) is 50.6 Å². The molecule has 1 fully saturated rings. The molecule has 34 heavy (non-hydrogen) atoms. The number of anilines is 1. The van der Waals surface area contributed by atoms with E-state index in [1.807, 2.05) is 36.9 Å². The first-order chi connectivity index (χ1) is 16.5. The molecule has 0 radical (unpaired) electrons. The number of aromatic amines is 2. The van der Waals surface area contributed by atoms with Crippen molar-refractivity contribution in [2.45, 2.75) is 13.8 Å². The number of aromatic nitrogens is 3. The molecule has 0 spiro atoms. The molecule has 0 bridgehead atoms. The fourth-order valence-corrected chi connectivity index (χ4v) is 4.78. The van der Waals surface area contributed by atoms with Gasteiger partial charge in [-0.2, -0.15) is 21.9 Å². The van der Waals surface area contributed by atoms with Crippen LogP contribution in [-0.2, 0) is 0 Å². The number of fused-ring (bicyclic) bond motifs is 1. The van der Waals surface area contributed by atoms with E-state index in [0.29, 0.717) is 17.3 Å². The highest BCUT2D eigenvalue weighted by Crippen LogP contribution is 2.30. The number of thioether (sulfide) groups is 1. The molecule has 10 heteroatoms. The molecular formula is C24H24F2N6OS. The zero-order chi connectivity index (χ0) is 23.7. The van der Waals surface area contributed by atoms with Gasteiger partial charge in [0.15, 0.2) is 23.2 Å². The van der Waals surface area contributed by atoms with Crippen molar-refractivity contribution < 1.29 is 13.5 Å². The van der Waals surface area contributed by atoms with Gasteiger partial charge in [0.25, 0.3) is 0 Å². The number of nitrogens with zero attached hydrogens (tertiary/aromatic N) is 3. The van der Waals surface area contributed by atoms with Gasteiger partial charge in [-0.3, -0.25) is 5.10 Å². The highest BCUT2D eigenvalue weighted by molar-refractivity contribution is 7.99. The van der Waals surface area contributed by atoms with Gasteiger partial charge in [-0.1, -0.05) is 6.08 Å². The van der Waals surface area contributed by atoms with E-state index < -0.39 is 11.6 Å². The Hall–Kier alpha value is -3.53. The van der Waals surface area contributed by atoms with Crippen molar-refractivity contribution >= 4 is 34.4 Å². The van der Waals surface area contributed by atoms with Gasteiger partial charge in [-0.05, 0) is 26.0 Å². The first kappa shape index (κ1) is 22.3. The molecule has 1 saturated heterocycles. The predicted molar refractivity (Wildman–Crippen MR) is 132 cm³/mol. The average Bonchev–Trinajstić information content (AvgIpc) is 3.40. The number of hydrogen-bond donors (Lipinski definition) is 3. The van der Waals surface area contributed by atoms with Gasteiger partial charge in [0.2, 0.25) is 5.90 Å². The van der Waals surface area contributed by atoms with Gasteiger partial charge < -0.3 is 19.9 Å². The van der Waals surface area contributed by atoms with Crippen LogP contribution in [0.3, 0.4) is 0 Å². The molecule has 2 aliphatic rings. The van der Waals surface area contributed by atoms with E-state index in [1.54, 1.807) is 25.1 Å². The molecule has 0 aliphatic carbocycles. The summed E-state index contributed by atoms with van der Waals surface area (Å²) in [5.74, 6) is 1.80. The summed E-state index contributed by atoms with van der Waals surface area (Å²) in [5, 5.41) is 10.4. The number of H-pyrrole nitrogens is 2. The third-order valence-electron chi connectivity index (χ3n) is 5.48. The largest absolute Gasteiger partial charge is 0.436 e. The molecule has 0 saturated carbocycles. The van der Waals surface area contributed by atoms with Crippen LogP contribution in [0.5, 0.6) is 5.75 Å². The number of nitrogens with one attached hydrogen (secondary N) is 3. The highest BCUT2D eigenvalue weighted by atomic mass is 32.2. The predicted octanol–water partition coefficient (Wildman–Crippen LogP) is 5.02. The maximum Gasteiger partial charge on any atom is 0.221 e. The van der Waals surface area contributed by atoms with Gasteiger partial charge in [0.1, 0.15) is 5.82 Å². The second kappa shape index (κ2) is 9.38. The van der Waals surface area contributed by atoms with E-state index >= 15 is 4.39 Å². The van der Waals surface area contributed by atoms with Crippen molar-refractivity contribution in [3.8, 4) is 5.75 Å². The van der Waals surface area contributed by atoms with Crippen molar-refractivity contribution in [1.29, 1.82) is 0 Å². The van der Waals surface area contributed by atoms with E-state index in [-0.39, 0.29) is 22.6 Å². The van der Waals surface area contributed by atoms with Gasteiger partial charge in [0.05, 0.1) is 5.52 Å². The summed E-state index contributed by atoms with van der Waals surface area (Å²) >= 11 is 1.93. The Balaban J connectivity index is 1.49. The minimum atomic E-state index is -0.651. The van der Waals surface area contributed by atoms with Crippen molar-refractivity contribution in [1.82, 2.24) is 20.1 Å². The fourth-order valence-electron chi connectivity index (χ4n) is 3.88. The quantitative estimate of drug-likeness (QED) is 0.487. The van der Waals surface area contributed by atoms with Crippen LogP contribution >= 0.6 is 11.8 Å². The SMILES string of the molecule is Cc1cc(NC2=C/C(N3CCSCC3)=C/C=C/C(Oc3cc(F)c4[nH]c(C)cc4c3F)=N\2)n[nH]1. The summed E-state index contributed by atoms with van der Waals surface area (Å²) in [7, 11) is 0. The average molecular weight is 483 g/mol. The lowest BCUT2D eigenvalue weighted by atomic mass is 10.2. The monoisotopic (exact) mass is 482 g/mol. The van der Waals surface area contributed by atoms with Crippen molar-refractivity contribution in [2.75, 3.05) is 29.9 Å². The molecule has 3 N–H and O–H groups in total. The molecule has 5 rings (SSSR count). The first-order valence-electron chi connectivity index (χ1n) is 10.9. The maximum atomic E-state index is 15.1. The van der Waals surface area contributed by atoms with Crippen LogP contribution < -0.4 is 10.1 Å². The second-order valence-corrected chi connectivity index (χ2v) is 9.33. The zero-order valence-corrected chi connectivity index (χ0v) is 19.6. The summed E-state index contributed by atoms with van der Waals surface area (Å²) in [6.07, 6.45) is 7.30. The van der Waals surface area contributed by atoms with Gasteiger partial charge >= 0.3 is 0 Å². The zero-order valence-electron chi connectivity index (χ0n) is 18.8. The number of benzene rings is 1. The van der Waals surface area contributed by atoms with Gasteiger partial charge in [-0.25, -0.2) is 8.78 Å². The summed E-state index contributed by atoms with van der Waals surface area (Å²) in [4.78, 5) is 9.69. The third-order valence-corrected chi connectivity index (χ3v) is 6.42. The van der Waals surface area contributed by atoms with Crippen LogP contribution in [0.1, 0.15) is 11.4 Å². The Morgan fingerprint density at radius 3 is 2.71 bits per heavy atom. The van der Waals surface area contributed by atoms with E-state index in [4.69, 9.17) is 4.74 Å². The highest BCUT2D eigenvalue weighted by Gasteiger charge is 2.18. The Morgan fingerprint density at radius 1 is 1.12 bits per heavy atom. The standard InChI is InChI=1S/C24H24F2N6OS/c1-14-10-17-23(26)19(13-18(25)24(17)27-14)33-22-5-3-4-16(32-6-8-34-9-7-32)12-20(29-22)28-21-11-15(2)30-31-21/h3-5,10-13,27H,6-9H2,1-2H3,(H2,28,29,30,31). The van der Waals surface area contributed by atoms with Crippen LogP contribution in [0.15, 0.2) is 59.0 Å². The maximum absolute atomic E-state index is 15.1. The summed E-state index contributed by atoms with van der Waals surface area (Å²) in [6.45, 7) is 5.51. The lowest BCUT2D eigenvalue weighted by Gasteiger charge is -2.29. The molecule has 176 valence electrons. The lowest BCUT2D eigenvalue weighted by molar-refractivity contribution is 0.392. The molecule has 1 aromatic carbocycles. The summed E-state index contributed by atoms with van der Waals surface area (Å²) in [6, 6.07) is 4.43.